The fourth-order valence-electron chi connectivity index (χ4n) is 1.64. The Hall–Kier alpha value is -1.20. The molecule has 0 heterocycles. The summed E-state index contributed by atoms with van der Waals surface area (Å²) in [4.78, 5) is 14.2. The van der Waals surface area contributed by atoms with E-state index in [-0.39, 0.29) is 5.56 Å². The molecule has 0 saturated carbocycles. The molecule has 0 aliphatic heterocycles. The number of hydrogen-bond acceptors (Lipinski definition) is 4. The number of nitrogens with two attached hydrogens (primary N) is 1. The highest BCUT2D eigenvalue weighted by Gasteiger charge is 2.09. The Balaban J connectivity index is 2.58. The van der Waals surface area contributed by atoms with Gasteiger partial charge < -0.3 is 15.7 Å². The lowest BCUT2D eigenvalue weighted by molar-refractivity contribution is 0.0698. The molecule has 3 N–H and O–H groups in total. The molecule has 18 heavy (non-hydrogen) atoms. The van der Waals surface area contributed by atoms with Crippen LogP contribution in [0.3, 0.4) is 0 Å². The summed E-state index contributed by atoms with van der Waals surface area (Å²) in [5.41, 5.74) is 6.11. The number of aromatic carboxylic acids is 1. The van der Waals surface area contributed by atoms with Gasteiger partial charge in [0.15, 0.2) is 0 Å². The monoisotopic (exact) mass is 268 g/mol. The van der Waals surface area contributed by atoms with E-state index >= 15 is 0 Å². The number of anilines is 1. The van der Waals surface area contributed by atoms with E-state index in [0.717, 1.165) is 30.3 Å². The maximum atomic E-state index is 11.0. The summed E-state index contributed by atoms with van der Waals surface area (Å²) < 4.78 is 0. The van der Waals surface area contributed by atoms with Crippen molar-refractivity contribution in [3.63, 3.8) is 0 Å². The fourth-order valence-corrected chi connectivity index (χ4v) is 2.59. The topological polar surface area (TPSA) is 66.6 Å². The summed E-state index contributed by atoms with van der Waals surface area (Å²) in [5, 5.41) is 8.98. The molecule has 1 aromatic rings. The van der Waals surface area contributed by atoms with E-state index < -0.39 is 5.97 Å². The highest BCUT2D eigenvalue weighted by molar-refractivity contribution is 7.99. The number of hydrogen-bond donors (Lipinski definition) is 2. The summed E-state index contributed by atoms with van der Waals surface area (Å²) in [7, 11) is 0. The molecule has 100 valence electrons. The second-order valence-electron chi connectivity index (χ2n) is 3.93. The van der Waals surface area contributed by atoms with Crippen molar-refractivity contribution in [3.8, 4) is 0 Å². The molecule has 5 heteroatoms. The van der Waals surface area contributed by atoms with Gasteiger partial charge in [0.05, 0.1) is 5.56 Å². The maximum Gasteiger partial charge on any atom is 0.337 e. The Labute approximate surface area is 112 Å². The molecular weight excluding hydrogens is 248 g/mol. The molecule has 0 fully saturated rings. The number of benzene rings is 1. The number of carboxylic acid groups (broad SMARTS) is 1. The Morgan fingerprint density at radius 1 is 1.39 bits per heavy atom. The molecule has 0 aliphatic carbocycles. The summed E-state index contributed by atoms with van der Waals surface area (Å²) in [6.45, 7) is 7.36. The van der Waals surface area contributed by atoms with Gasteiger partial charge in [-0.05, 0) is 31.3 Å². The van der Waals surface area contributed by atoms with Crippen molar-refractivity contribution in [1.82, 2.24) is 4.90 Å². The zero-order chi connectivity index (χ0) is 13.5. The van der Waals surface area contributed by atoms with Gasteiger partial charge in [-0.25, -0.2) is 4.79 Å². The number of rotatable bonds is 7. The highest BCUT2D eigenvalue weighted by atomic mass is 32.2. The third-order valence-corrected chi connectivity index (χ3v) is 3.80. The first kappa shape index (κ1) is 14.9. The first-order valence-corrected chi connectivity index (χ1v) is 7.05. The number of thioether (sulfide) groups is 1. The van der Waals surface area contributed by atoms with Crippen molar-refractivity contribution in [2.45, 2.75) is 18.7 Å². The van der Waals surface area contributed by atoms with Crippen molar-refractivity contribution in [2.75, 3.05) is 31.1 Å². The lowest BCUT2D eigenvalue weighted by atomic mass is 10.2. The predicted molar refractivity (Wildman–Crippen MR) is 76.3 cm³/mol. The smallest absolute Gasteiger partial charge is 0.337 e. The average Bonchev–Trinajstić information content (AvgIpc) is 2.36. The van der Waals surface area contributed by atoms with Gasteiger partial charge >= 0.3 is 5.97 Å². The summed E-state index contributed by atoms with van der Waals surface area (Å²) in [6, 6.07) is 5.17. The molecular formula is C13H20N2O2S. The minimum Gasteiger partial charge on any atom is -0.478 e. The molecule has 0 radical (unpaired) electrons. The molecule has 0 saturated heterocycles. The van der Waals surface area contributed by atoms with Gasteiger partial charge in [0.25, 0.3) is 0 Å². The minimum atomic E-state index is -0.973. The molecule has 4 nitrogen and oxygen atoms in total. The van der Waals surface area contributed by atoms with Crippen molar-refractivity contribution < 1.29 is 9.90 Å². The molecule has 0 aromatic heterocycles. The quantitative estimate of drug-likeness (QED) is 0.587. The van der Waals surface area contributed by atoms with Gasteiger partial charge in [-0.2, -0.15) is 0 Å². The first-order chi connectivity index (χ1) is 8.58. The lowest BCUT2D eigenvalue weighted by Crippen LogP contribution is -2.25. The summed E-state index contributed by atoms with van der Waals surface area (Å²) in [5.74, 6) is -0.0244. The molecule has 1 rings (SSSR count). The van der Waals surface area contributed by atoms with Crippen LogP contribution in [-0.2, 0) is 0 Å². The van der Waals surface area contributed by atoms with E-state index in [4.69, 9.17) is 10.8 Å². The van der Waals surface area contributed by atoms with Crippen molar-refractivity contribution in [2.24, 2.45) is 0 Å². The van der Waals surface area contributed by atoms with E-state index in [1.807, 2.05) is 6.07 Å². The normalized spacial score (nSPS) is 10.8. The van der Waals surface area contributed by atoms with E-state index in [0.29, 0.717) is 5.69 Å². The Kier molecular flexibility index (Phi) is 6.01. The lowest BCUT2D eigenvalue weighted by Gasteiger charge is -2.17. The molecule has 0 atom stereocenters. The molecule has 0 spiro atoms. The number of carboxylic acids is 1. The van der Waals surface area contributed by atoms with Crippen LogP contribution >= 0.6 is 11.8 Å². The zero-order valence-electron chi connectivity index (χ0n) is 10.8. The minimum absolute atomic E-state index is 0.183. The van der Waals surface area contributed by atoms with Crippen molar-refractivity contribution >= 4 is 23.4 Å². The van der Waals surface area contributed by atoms with E-state index in [1.165, 1.54) is 0 Å². The maximum absolute atomic E-state index is 11.0. The number of nitrogen functional groups attached to an aromatic ring is 1. The molecule has 0 bridgehead atoms. The first-order valence-electron chi connectivity index (χ1n) is 6.06. The molecule has 0 amide bonds. The van der Waals surface area contributed by atoms with Crippen LogP contribution in [-0.4, -0.2) is 41.4 Å². The second kappa shape index (κ2) is 7.28. The van der Waals surface area contributed by atoms with Gasteiger partial charge in [-0.3, -0.25) is 0 Å². The van der Waals surface area contributed by atoms with Crippen LogP contribution in [0.15, 0.2) is 23.1 Å². The Bertz CT molecular complexity index is 406. The summed E-state index contributed by atoms with van der Waals surface area (Å²) >= 11 is 1.66. The van der Waals surface area contributed by atoms with Crippen LogP contribution in [0.25, 0.3) is 0 Å². The van der Waals surface area contributed by atoms with Crippen LogP contribution in [0.5, 0.6) is 0 Å². The van der Waals surface area contributed by atoms with Gasteiger partial charge in [-0.15, -0.1) is 11.8 Å². The Morgan fingerprint density at radius 2 is 2.06 bits per heavy atom. The van der Waals surface area contributed by atoms with Crippen LogP contribution in [0.2, 0.25) is 0 Å². The van der Waals surface area contributed by atoms with Gasteiger partial charge in [0, 0.05) is 22.9 Å². The largest absolute Gasteiger partial charge is 0.478 e. The third-order valence-electron chi connectivity index (χ3n) is 2.83. The zero-order valence-corrected chi connectivity index (χ0v) is 11.7. The van der Waals surface area contributed by atoms with E-state index in [2.05, 4.69) is 18.7 Å². The van der Waals surface area contributed by atoms with E-state index in [1.54, 1.807) is 23.9 Å². The predicted octanol–water partition coefficient (Wildman–Crippen LogP) is 2.40. The van der Waals surface area contributed by atoms with Crippen molar-refractivity contribution in [3.05, 3.63) is 23.8 Å². The highest BCUT2D eigenvalue weighted by Crippen LogP contribution is 2.23. The van der Waals surface area contributed by atoms with E-state index in [9.17, 15) is 4.79 Å². The van der Waals surface area contributed by atoms with Crippen LogP contribution in [0.4, 0.5) is 5.69 Å². The van der Waals surface area contributed by atoms with Crippen LogP contribution in [0.1, 0.15) is 24.2 Å². The molecule has 0 unspecified atom stereocenters. The SMILES string of the molecule is CCN(CC)CCSc1ccc(N)c(C(=O)O)c1. The van der Waals surface area contributed by atoms with Crippen LogP contribution < -0.4 is 5.73 Å². The average molecular weight is 268 g/mol. The standard InChI is InChI=1S/C13H20N2O2S/c1-3-15(4-2)7-8-18-10-5-6-12(14)11(9-10)13(16)17/h5-6,9H,3-4,7-8,14H2,1-2H3,(H,16,17). The Morgan fingerprint density at radius 3 is 2.61 bits per heavy atom. The number of carbonyl (C=O) groups is 1. The number of nitrogens with zero attached hydrogens (tertiary/aromatic N) is 1. The molecule has 0 aliphatic rings. The second-order valence-corrected chi connectivity index (χ2v) is 5.10. The van der Waals surface area contributed by atoms with Gasteiger partial charge in [0.1, 0.15) is 0 Å². The fraction of sp³-hybridized carbons (Fsp3) is 0.462. The van der Waals surface area contributed by atoms with Gasteiger partial charge in [0.2, 0.25) is 0 Å². The van der Waals surface area contributed by atoms with Crippen LogP contribution in [0, 0.1) is 0 Å². The van der Waals surface area contributed by atoms with Crippen molar-refractivity contribution in [1.29, 1.82) is 0 Å². The summed E-state index contributed by atoms with van der Waals surface area (Å²) in [6.07, 6.45) is 0. The third kappa shape index (κ3) is 4.23. The molecule has 1 aromatic carbocycles. The van der Waals surface area contributed by atoms with Gasteiger partial charge in [-0.1, -0.05) is 13.8 Å².